The summed E-state index contributed by atoms with van der Waals surface area (Å²) in [5.74, 6) is -0.473. The van der Waals surface area contributed by atoms with Crippen molar-refractivity contribution < 1.29 is 64.7 Å². The smallest absolute Gasteiger partial charge is 0.505 e. The predicted octanol–water partition coefficient (Wildman–Crippen LogP) is 2.11. The topological polar surface area (TPSA) is 105 Å². The summed E-state index contributed by atoms with van der Waals surface area (Å²) in [6.07, 6.45) is 0.524. The number of nitrogens with zero attached hydrogens (tertiary/aromatic N) is 1. The molecule has 0 radical (unpaired) electrons. The normalized spacial score (nSPS) is 15.1. The highest BCUT2D eigenvalue weighted by molar-refractivity contribution is 7.95. The van der Waals surface area contributed by atoms with Crippen LogP contribution in [-0.2, 0) is 43.9 Å². The van der Waals surface area contributed by atoms with Crippen LogP contribution in [0.2, 0.25) is 0 Å². The third-order valence-electron chi connectivity index (χ3n) is 5.98. The van der Waals surface area contributed by atoms with Gasteiger partial charge in [0.2, 0.25) is 0 Å². The molecule has 0 bridgehead atoms. The first-order chi connectivity index (χ1) is 16.6. The molecule has 2 aromatic rings. The standard InChI is InChI=1S/C21H27F6N2O5PS2.ClH/c1-19(2,3)35(30,14-15-10-6-5-7-11-15)13-9-8-12-16-28-17(36(31,32)20(22,23)24)18(29(16)4)37(33,34)21(25,26)27;/h5-7,10-11H,8-9,12-14H2,1-4H3;1H. The number of hydrogen-bond acceptors (Lipinski definition) is 5. The summed E-state index contributed by atoms with van der Waals surface area (Å²) in [5, 5.41) is -4.74. The molecular weight excluding hydrogens is 605 g/mol. The van der Waals surface area contributed by atoms with Gasteiger partial charge in [0, 0.05) is 23.9 Å². The first kappa shape index (κ1) is 34.5. The van der Waals surface area contributed by atoms with Crippen LogP contribution in [-0.4, -0.2) is 44.2 Å². The van der Waals surface area contributed by atoms with Gasteiger partial charge in [0.15, 0.2) is 0 Å². The number of aromatic nitrogens is 2. The van der Waals surface area contributed by atoms with Crippen molar-refractivity contribution in [3.8, 4) is 0 Å². The van der Waals surface area contributed by atoms with Crippen molar-refractivity contribution in [3.63, 3.8) is 0 Å². The fourth-order valence-electron chi connectivity index (χ4n) is 3.67. The van der Waals surface area contributed by atoms with Gasteiger partial charge >= 0.3 is 30.7 Å². The predicted molar refractivity (Wildman–Crippen MR) is 124 cm³/mol. The van der Waals surface area contributed by atoms with Gasteiger partial charge in [-0.1, -0.05) is 51.1 Å². The number of nitrogens with one attached hydrogen (secondary N) is 1. The second-order valence-corrected chi connectivity index (χ2v) is 17.2. The fourth-order valence-corrected chi connectivity index (χ4v) is 9.01. The van der Waals surface area contributed by atoms with E-state index in [1.807, 2.05) is 39.0 Å². The Morgan fingerprint density at radius 3 is 1.82 bits per heavy atom. The van der Waals surface area contributed by atoms with Gasteiger partial charge in [-0.25, -0.2) is 26.4 Å². The molecule has 0 saturated heterocycles. The number of rotatable bonds is 9. The molecule has 0 amide bonds. The Morgan fingerprint density at radius 2 is 1.37 bits per heavy atom. The number of hydrogen-bond donors (Lipinski definition) is 1. The monoisotopic (exact) mass is 632 g/mol. The van der Waals surface area contributed by atoms with E-state index >= 15 is 0 Å². The molecule has 0 aliphatic rings. The van der Waals surface area contributed by atoms with Crippen LogP contribution in [0.4, 0.5) is 26.3 Å². The number of aromatic amines is 1. The zero-order valence-electron chi connectivity index (χ0n) is 20.8. The summed E-state index contributed by atoms with van der Waals surface area (Å²) in [6, 6.07) is 9.05. The molecule has 38 heavy (non-hydrogen) atoms. The number of sulfone groups is 2. The lowest BCUT2D eigenvalue weighted by molar-refractivity contribution is -0.716. The van der Waals surface area contributed by atoms with E-state index in [2.05, 4.69) is 0 Å². The Labute approximate surface area is 223 Å². The number of halogens is 7. The van der Waals surface area contributed by atoms with Gasteiger partial charge in [-0.3, -0.25) is 0 Å². The van der Waals surface area contributed by atoms with Crippen LogP contribution < -0.4 is 17.0 Å². The molecule has 0 aliphatic carbocycles. The van der Waals surface area contributed by atoms with Crippen molar-refractivity contribution in [1.82, 2.24) is 4.98 Å². The zero-order valence-corrected chi connectivity index (χ0v) is 24.1. The lowest BCUT2D eigenvalue weighted by atomic mass is 10.2. The van der Waals surface area contributed by atoms with Crippen LogP contribution in [0.5, 0.6) is 0 Å². The third-order valence-corrected chi connectivity index (χ3v) is 13.5. The van der Waals surface area contributed by atoms with Crippen LogP contribution in [0.15, 0.2) is 40.4 Å². The first-order valence-corrected chi connectivity index (χ1v) is 16.0. The highest BCUT2D eigenvalue weighted by Crippen LogP contribution is 2.60. The molecule has 0 saturated carbocycles. The number of aryl methyl sites for hydroxylation is 1. The molecule has 1 unspecified atom stereocenters. The molecule has 0 aliphatic heterocycles. The van der Waals surface area contributed by atoms with Gasteiger partial charge in [0.25, 0.3) is 15.9 Å². The van der Waals surface area contributed by atoms with E-state index in [0.29, 0.717) is 0 Å². The Kier molecular flexibility index (Phi) is 10.4. The zero-order chi connectivity index (χ0) is 28.7. The molecule has 17 heteroatoms. The molecule has 1 aromatic carbocycles. The SMILES string of the molecule is C[n+]1c(CCCCP(=O)(Cc2ccccc2)C(C)(C)C)[nH]c(S(=O)(=O)C(F)(F)F)c1S(=O)(=O)C(F)(F)F.[Cl-]. The summed E-state index contributed by atoms with van der Waals surface area (Å²) in [6.45, 7) is 5.43. The molecule has 7 nitrogen and oxygen atoms in total. The van der Waals surface area contributed by atoms with E-state index in [-0.39, 0.29) is 48.6 Å². The molecule has 1 N–H and O–H groups in total. The molecule has 1 atom stereocenters. The highest BCUT2D eigenvalue weighted by atomic mass is 35.5. The van der Waals surface area contributed by atoms with Crippen molar-refractivity contribution in [3.05, 3.63) is 41.7 Å². The maximum atomic E-state index is 13.8. The van der Waals surface area contributed by atoms with Crippen molar-refractivity contribution in [1.29, 1.82) is 0 Å². The van der Waals surface area contributed by atoms with Gasteiger partial charge in [0.1, 0.15) is 0 Å². The van der Waals surface area contributed by atoms with Crippen molar-refractivity contribution in [2.24, 2.45) is 7.05 Å². The molecule has 2 rings (SSSR count). The number of unbranched alkanes of at least 4 members (excludes halogenated alkanes) is 1. The van der Waals surface area contributed by atoms with E-state index in [4.69, 9.17) is 0 Å². The summed E-state index contributed by atoms with van der Waals surface area (Å²) < 4.78 is 141. The third kappa shape index (κ3) is 6.95. The number of alkyl halides is 6. The Bertz CT molecular complexity index is 1380. The van der Waals surface area contributed by atoms with Crippen molar-refractivity contribution in [2.75, 3.05) is 6.16 Å². The largest absolute Gasteiger partial charge is 1.00 e. The second kappa shape index (κ2) is 11.5. The summed E-state index contributed by atoms with van der Waals surface area (Å²) >= 11 is 0. The minimum atomic E-state index is -6.46. The Balaban J connectivity index is 0.00000722. The average molecular weight is 633 g/mol. The van der Waals surface area contributed by atoms with Crippen LogP contribution in [0, 0.1) is 0 Å². The Hall–Kier alpha value is -1.57. The van der Waals surface area contributed by atoms with Crippen LogP contribution in [0.3, 0.4) is 0 Å². The summed E-state index contributed by atoms with van der Waals surface area (Å²) in [5.41, 5.74) is -11.2. The van der Waals surface area contributed by atoms with Gasteiger partial charge in [-0.2, -0.15) is 26.3 Å². The quantitative estimate of drug-likeness (QED) is 0.197. The first-order valence-electron chi connectivity index (χ1n) is 10.9. The second-order valence-electron chi connectivity index (χ2n) is 9.55. The minimum absolute atomic E-state index is 0. The molecule has 218 valence electrons. The van der Waals surface area contributed by atoms with E-state index in [1.165, 1.54) is 0 Å². The highest BCUT2D eigenvalue weighted by Gasteiger charge is 2.60. The van der Waals surface area contributed by atoms with Gasteiger partial charge in [-0.15, -0.1) is 0 Å². The van der Waals surface area contributed by atoms with Gasteiger partial charge in [0.05, 0.1) is 14.2 Å². The fraction of sp³-hybridized carbons (Fsp3) is 0.571. The molecule has 1 heterocycles. The van der Waals surface area contributed by atoms with Crippen LogP contribution >= 0.6 is 7.14 Å². The lowest BCUT2D eigenvalue weighted by Crippen LogP contribution is -3.00. The van der Waals surface area contributed by atoms with E-state index < -0.39 is 58.9 Å². The molecule has 0 spiro atoms. The minimum Gasteiger partial charge on any atom is -1.00 e. The number of H-pyrrole nitrogens is 1. The average Bonchev–Trinajstić information content (AvgIpc) is 3.07. The van der Waals surface area contributed by atoms with E-state index in [0.717, 1.165) is 12.6 Å². The molecular formula is C21H28ClF6N2O5PS2. The van der Waals surface area contributed by atoms with Crippen molar-refractivity contribution in [2.45, 2.75) is 72.4 Å². The summed E-state index contributed by atoms with van der Waals surface area (Å²) in [4.78, 5) is 1.75. The molecule has 1 aromatic heterocycles. The molecule has 0 fully saturated rings. The maximum absolute atomic E-state index is 13.8. The van der Waals surface area contributed by atoms with Crippen LogP contribution in [0.25, 0.3) is 0 Å². The van der Waals surface area contributed by atoms with E-state index in [1.54, 1.807) is 17.1 Å². The van der Waals surface area contributed by atoms with Gasteiger partial charge < -0.3 is 17.0 Å². The lowest BCUT2D eigenvalue weighted by Gasteiger charge is -2.31. The van der Waals surface area contributed by atoms with Crippen LogP contribution in [0.1, 0.15) is 45.0 Å². The van der Waals surface area contributed by atoms with E-state index in [9.17, 15) is 47.7 Å². The Morgan fingerprint density at radius 1 is 0.868 bits per heavy atom. The summed E-state index contributed by atoms with van der Waals surface area (Å²) in [7, 11) is -15.1. The maximum Gasteiger partial charge on any atom is 0.505 e. The van der Waals surface area contributed by atoms with Gasteiger partial charge in [-0.05, 0) is 18.4 Å². The number of imidazole rings is 1. The van der Waals surface area contributed by atoms with Crippen molar-refractivity contribution >= 4 is 26.8 Å². The number of benzene rings is 1.